The summed E-state index contributed by atoms with van der Waals surface area (Å²) in [5.41, 5.74) is 2.67. The summed E-state index contributed by atoms with van der Waals surface area (Å²) in [5, 5.41) is 9.13. The molecular formula is C19H27N3. The maximum Gasteiger partial charge on any atom is 0.140 e. The highest BCUT2D eigenvalue weighted by molar-refractivity contribution is 5.29. The van der Waals surface area contributed by atoms with Gasteiger partial charge in [0.2, 0.25) is 0 Å². The smallest absolute Gasteiger partial charge is 0.140 e. The van der Waals surface area contributed by atoms with Gasteiger partial charge in [-0.1, -0.05) is 56.5 Å². The van der Waals surface area contributed by atoms with Crippen LogP contribution in [-0.2, 0) is 13.0 Å². The molecule has 1 aliphatic heterocycles. The Balaban J connectivity index is 2.00. The lowest BCUT2D eigenvalue weighted by molar-refractivity contribution is 0.467. The summed E-state index contributed by atoms with van der Waals surface area (Å²) in [4.78, 5) is 0. The molecule has 118 valence electrons. The number of nitrogens with zero attached hydrogens (tertiary/aromatic N) is 3. The van der Waals surface area contributed by atoms with Crippen LogP contribution in [0.5, 0.6) is 0 Å². The summed E-state index contributed by atoms with van der Waals surface area (Å²) in [6.45, 7) is 7.79. The maximum atomic E-state index is 4.61. The van der Waals surface area contributed by atoms with Crippen LogP contribution in [0.2, 0.25) is 0 Å². The van der Waals surface area contributed by atoms with Gasteiger partial charge in [0.05, 0.1) is 0 Å². The van der Waals surface area contributed by atoms with Crippen molar-refractivity contribution in [3.63, 3.8) is 0 Å². The zero-order valence-electron chi connectivity index (χ0n) is 14.0. The van der Waals surface area contributed by atoms with E-state index >= 15 is 0 Å². The van der Waals surface area contributed by atoms with Gasteiger partial charge in [0.15, 0.2) is 0 Å². The molecule has 0 bridgehead atoms. The van der Waals surface area contributed by atoms with Gasteiger partial charge in [-0.25, -0.2) is 0 Å². The third-order valence-corrected chi connectivity index (χ3v) is 4.77. The fraction of sp³-hybridized carbons (Fsp3) is 0.579. The van der Waals surface area contributed by atoms with Crippen LogP contribution >= 0.6 is 0 Å². The van der Waals surface area contributed by atoms with E-state index in [1.807, 2.05) is 0 Å². The predicted molar refractivity (Wildman–Crippen MR) is 90.1 cm³/mol. The maximum absolute atomic E-state index is 4.61. The summed E-state index contributed by atoms with van der Waals surface area (Å²) in [6.07, 6.45) is 6.22. The van der Waals surface area contributed by atoms with Gasteiger partial charge in [0.25, 0.3) is 0 Å². The standard InChI is InChI=1S/C19H27N3/c1-14(2)18(16-11-9-15(3)10-12-16)19-21-20-17-8-6-4-5-7-13-22(17)19/h9-12,14,18H,4-8,13H2,1-3H3. The van der Waals surface area contributed by atoms with Gasteiger partial charge < -0.3 is 4.57 Å². The lowest BCUT2D eigenvalue weighted by atomic mass is 9.87. The van der Waals surface area contributed by atoms with E-state index in [0.717, 1.165) is 18.8 Å². The van der Waals surface area contributed by atoms with Crippen molar-refractivity contribution in [2.45, 2.75) is 65.3 Å². The number of benzene rings is 1. The van der Waals surface area contributed by atoms with Crippen LogP contribution < -0.4 is 0 Å². The minimum Gasteiger partial charge on any atom is -0.314 e. The van der Waals surface area contributed by atoms with Crippen molar-refractivity contribution in [2.75, 3.05) is 0 Å². The van der Waals surface area contributed by atoms with Crippen molar-refractivity contribution in [1.29, 1.82) is 0 Å². The Labute approximate surface area is 133 Å². The van der Waals surface area contributed by atoms with E-state index in [4.69, 9.17) is 0 Å². The molecule has 0 saturated heterocycles. The van der Waals surface area contributed by atoms with Crippen molar-refractivity contribution in [2.24, 2.45) is 5.92 Å². The average molecular weight is 297 g/mol. The first-order chi connectivity index (χ1) is 10.7. The Hall–Kier alpha value is -1.64. The molecule has 2 heterocycles. The van der Waals surface area contributed by atoms with Crippen molar-refractivity contribution >= 4 is 0 Å². The Morgan fingerprint density at radius 3 is 2.41 bits per heavy atom. The largest absolute Gasteiger partial charge is 0.314 e. The summed E-state index contributed by atoms with van der Waals surface area (Å²) in [5.74, 6) is 3.20. The molecule has 3 nitrogen and oxygen atoms in total. The number of aryl methyl sites for hydroxylation is 2. The SMILES string of the molecule is Cc1ccc(C(c2nnc3n2CCCCCC3)C(C)C)cc1. The molecule has 3 heteroatoms. The molecule has 1 aromatic carbocycles. The molecule has 0 aliphatic carbocycles. The molecule has 1 aliphatic rings. The zero-order valence-corrected chi connectivity index (χ0v) is 14.0. The number of aromatic nitrogens is 3. The third-order valence-electron chi connectivity index (χ3n) is 4.77. The minimum absolute atomic E-state index is 0.335. The fourth-order valence-corrected chi connectivity index (χ4v) is 3.52. The Morgan fingerprint density at radius 1 is 0.955 bits per heavy atom. The lowest BCUT2D eigenvalue weighted by Gasteiger charge is -2.23. The number of fused-ring (bicyclic) bond motifs is 1. The van der Waals surface area contributed by atoms with Crippen LogP contribution in [0.1, 0.15) is 68.2 Å². The first-order valence-corrected chi connectivity index (χ1v) is 8.65. The van der Waals surface area contributed by atoms with Gasteiger partial charge in [-0.2, -0.15) is 0 Å². The molecule has 0 fully saturated rings. The topological polar surface area (TPSA) is 30.7 Å². The predicted octanol–water partition coefficient (Wildman–Crippen LogP) is 4.49. The second-order valence-corrected chi connectivity index (χ2v) is 6.92. The van der Waals surface area contributed by atoms with Crippen molar-refractivity contribution in [1.82, 2.24) is 14.8 Å². The Bertz CT molecular complexity index is 610. The van der Waals surface area contributed by atoms with E-state index in [-0.39, 0.29) is 0 Å². The van der Waals surface area contributed by atoms with Gasteiger partial charge in [-0.05, 0) is 31.2 Å². The molecule has 0 saturated carbocycles. The zero-order chi connectivity index (χ0) is 15.5. The van der Waals surface area contributed by atoms with E-state index in [1.54, 1.807) is 0 Å². The van der Waals surface area contributed by atoms with Gasteiger partial charge in [0, 0.05) is 18.9 Å². The lowest BCUT2D eigenvalue weighted by Crippen LogP contribution is -2.17. The van der Waals surface area contributed by atoms with E-state index in [2.05, 4.69) is 59.8 Å². The van der Waals surface area contributed by atoms with Gasteiger partial charge in [-0.3, -0.25) is 0 Å². The summed E-state index contributed by atoms with van der Waals surface area (Å²) in [7, 11) is 0. The highest BCUT2D eigenvalue weighted by Gasteiger charge is 2.25. The molecule has 3 rings (SSSR count). The third kappa shape index (κ3) is 3.08. The van der Waals surface area contributed by atoms with Gasteiger partial charge >= 0.3 is 0 Å². The summed E-state index contributed by atoms with van der Waals surface area (Å²) in [6, 6.07) is 8.92. The van der Waals surface area contributed by atoms with E-state index in [0.29, 0.717) is 11.8 Å². The van der Waals surface area contributed by atoms with E-state index in [9.17, 15) is 0 Å². The first kappa shape index (κ1) is 15.3. The quantitative estimate of drug-likeness (QED) is 0.835. The molecule has 0 N–H and O–H groups in total. The van der Waals surface area contributed by atoms with Crippen LogP contribution in [0.3, 0.4) is 0 Å². The summed E-state index contributed by atoms with van der Waals surface area (Å²) < 4.78 is 2.41. The highest BCUT2D eigenvalue weighted by Crippen LogP contribution is 2.32. The van der Waals surface area contributed by atoms with E-state index < -0.39 is 0 Å². The molecule has 1 aromatic heterocycles. The number of hydrogen-bond acceptors (Lipinski definition) is 2. The molecular weight excluding hydrogens is 270 g/mol. The number of hydrogen-bond donors (Lipinski definition) is 0. The molecule has 2 aromatic rings. The van der Waals surface area contributed by atoms with Crippen LogP contribution in [0.15, 0.2) is 24.3 Å². The van der Waals surface area contributed by atoms with Crippen LogP contribution in [0.25, 0.3) is 0 Å². The van der Waals surface area contributed by atoms with Crippen molar-refractivity contribution in [3.05, 3.63) is 47.0 Å². The Morgan fingerprint density at radius 2 is 1.68 bits per heavy atom. The normalized spacial score (nSPS) is 16.9. The van der Waals surface area contributed by atoms with E-state index in [1.165, 1.54) is 42.6 Å². The molecule has 22 heavy (non-hydrogen) atoms. The highest BCUT2D eigenvalue weighted by atomic mass is 15.3. The molecule has 0 radical (unpaired) electrons. The van der Waals surface area contributed by atoms with Crippen LogP contribution in [0, 0.1) is 12.8 Å². The van der Waals surface area contributed by atoms with Crippen molar-refractivity contribution in [3.8, 4) is 0 Å². The number of rotatable bonds is 3. The van der Waals surface area contributed by atoms with Crippen LogP contribution in [0.4, 0.5) is 0 Å². The minimum atomic E-state index is 0.335. The first-order valence-electron chi connectivity index (χ1n) is 8.65. The second kappa shape index (κ2) is 6.64. The van der Waals surface area contributed by atoms with Crippen molar-refractivity contribution < 1.29 is 0 Å². The second-order valence-electron chi connectivity index (χ2n) is 6.92. The molecule has 0 amide bonds. The molecule has 1 unspecified atom stereocenters. The Kier molecular flexibility index (Phi) is 4.60. The summed E-state index contributed by atoms with van der Waals surface area (Å²) >= 11 is 0. The fourth-order valence-electron chi connectivity index (χ4n) is 3.52. The van der Waals surface area contributed by atoms with Gasteiger partial charge in [0.1, 0.15) is 11.6 Å². The average Bonchev–Trinajstić information content (AvgIpc) is 2.82. The van der Waals surface area contributed by atoms with Crippen LogP contribution in [-0.4, -0.2) is 14.8 Å². The monoisotopic (exact) mass is 297 g/mol. The molecule has 1 atom stereocenters. The van der Waals surface area contributed by atoms with Gasteiger partial charge in [-0.15, -0.1) is 10.2 Å². The molecule has 0 spiro atoms.